The lowest BCUT2D eigenvalue weighted by Crippen LogP contribution is -2.03. The number of hydrogen-bond donors (Lipinski definition) is 0. The molecule has 1 heterocycles. The summed E-state index contributed by atoms with van der Waals surface area (Å²) in [5.41, 5.74) is 5.17. The van der Waals surface area contributed by atoms with Crippen LogP contribution in [0.3, 0.4) is 0 Å². The molecule has 0 saturated heterocycles. The van der Waals surface area contributed by atoms with Crippen LogP contribution in [0.25, 0.3) is 22.3 Å². The van der Waals surface area contributed by atoms with Crippen LogP contribution in [0.1, 0.15) is 11.1 Å². The molecule has 0 unspecified atom stereocenters. The summed E-state index contributed by atoms with van der Waals surface area (Å²) in [6.45, 7) is 4.20. The van der Waals surface area contributed by atoms with Crippen molar-refractivity contribution in [3.8, 4) is 11.3 Å². The highest BCUT2D eigenvalue weighted by atomic mass is 35.5. The highest BCUT2D eigenvalue weighted by Crippen LogP contribution is 2.25. The molecule has 0 aliphatic carbocycles. The van der Waals surface area contributed by atoms with Crippen molar-refractivity contribution in [2.45, 2.75) is 13.8 Å². The van der Waals surface area contributed by atoms with Gasteiger partial charge in [0.15, 0.2) is 0 Å². The van der Waals surface area contributed by atoms with Gasteiger partial charge in [-0.2, -0.15) is 0 Å². The molecule has 0 radical (unpaired) electrons. The third kappa shape index (κ3) is 3.29. The first-order valence-electron chi connectivity index (χ1n) is 8.51. The van der Waals surface area contributed by atoms with Crippen LogP contribution in [0.15, 0.2) is 82.2 Å². The van der Waals surface area contributed by atoms with Crippen LogP contribution in [0.5, 0.6) is 0 Å². The Hall–Kier alpha value is -2.84. The first-order chi connectivity index (χ1) is 12.6. The Bertz CT molecular complexity index is 1160. The molecule has 2 nitrogen and oxygen atoms in total. The Morgan fingerprint density at radius 3 is 2.38 bits per heavy atom. The zero-order valence-electron chi connectivity index (χ0n) is 14.7. The van der Waals surface area contributed by atoms with Crippen molar-refractivity contribution in [1.82, 2.24) is 0 Å². The van der Waals surface area contributed by atoms with Crippen molar-refractivity contribution in [1.29, 1.82) is 0 Å². The van der Waals surface area contributed by atoms with Gasteiger partial charge >= 0.3 is 0 Å². The van der Waals surface area contributed by atoms with Crippen LogP contribution >= 0.6 is 11.6 Å². The van der Waals surface area contributed by atoms with Gasteiger partial charge in [0, 0.05) is 22.0 Å². The number of aryl methyl sites for hydroxylation is 2. The molecule has 128 valence electrons. The van der Waals surface area contributed by atoms with Gasteiger partial charge in [-0.1, -0.05) is 48.0 Å². The lowest BCUT2D eigenvalue weighted by atomic mass is 10.1. The molecule has 4 aromatic rings. The molecular formula is C23H18ClNO. The summed E-state index contributed by atoms with van der Waals surface area (Å²) in [6, 6.07) is 23.9. The lowest BCUT2D eigenvalue weighted by molar-refractivity contribution is 0.618. The van der Waals surface area contributed by atoms with Gasteiger partial charge in [0.1, 0.15) is 11.3 Å². The summed E-state index contributed by atoms with van der Waals surface area (Å²) in [4.78, 5) is 4.88. The minimum atomic E-state index is 0.664. The first kappa shape index (κ1) is 16.6. The molecule has 0 amide bonds. The van der Waals surface area contributed by atoms with Crippen molar-refractivity contribution >= 4 is 28.3 Å². The Balaban J connectivity index is 2.00. The number of rotatable bonds is 2. The van der Waals surface area contributed by atoms with Crippen LogP contribution in [-0.4, -0.2) is 0 Å². The van der Waals surface area contributed by atoms with E-state index in [-0.39, 0.29) is 0 Å². The second kappa shape index (κ2) is 6.81. The van der Waals surface area contributed by atoms with Crippen LogP contribution in [0.4, 0.5) is 5.69 Å². The van der Waals surface area contributed by atoms with Gasteiger partial charge in [-0.3, -0.25) is 0 Å². The van der Waals surface area contributed by atoms with Crippen molar-refractivity contribution in [3.63, 3.8) is 0 Å². The average molecular weight is 360 g/mol. The summed E-state index contributed by atoms with van der Waals surface area (Å²) < 4.78 is 6.11. The maximum Gasteiger partial charge on any atom is 0.136 e. The Morgan fingerprint density at radius 1 is 0.808 bits per heavy atom. The zero-order valence-corrected chi connectivity index (χ0v) is 15.4. The number of benzene rings is 3. The van der Waals surface area contributed by atoms with E-state index < -0.39 is 0 Å². The lowest BCUT2D eigenvalue weighted by Gasteiger charge is -2.06. The Kier molecular flexibility index (Phi) is 4.36. The molecule has 0 N–H and O–H groups in total. The third-order valence-corrected chi connectivity index (χ3v) is 4.74. The molecule has 4 rings (SSSR count). The van der Waals surface area contributed by atoms with Crippen molar-refractivity contribution in [3.05, 3.63) is 94.3 Å². The molecule has 0 atom stereocenters. The maximum atomic E-state index is 6.21. The van der Waals surface area contributed by atoms with Crippen LogP contribution < -0.4 is 5.36 Å². The Labute approximate surface area is 157 Å². The quantitative estimate of drug-likeness (QED) is 0.395. The second-order valence-corrected chi connectivity index (χ2v) is 6.82. The Morgan fingerprint density at radius 2 is 1.62 bits per heavy atom. The predicted molar refractivity (Wildman–Crippen MR) is 108 cm³/mol. The summed E-state index contributed by atoms with van der Waals surface area (Å²) >= 11 is 6.21. The van der Waals surface area contributed by atoms with Crippen LogP contribution in [-0.2, 0) is 0 Å². The fourth-order valence-corrected chi connectivity index (χ4v) is 3.08. The summed E-state index contributed by atoms with van der Waals surface area (Å²) in [7, 11) is 0. The normalized spacial score (nSPS) is 11.9. The third-order valence-electron chi connectivity index (χ3n) is 4.50. The van der Waals surface area contributed by atoms with E-state index in [1.807, 2.05) is 60.7 Å². The second-order valence-electron chi connectivity index (χ2n) is 6.38. The van der Waals surface area contributed by atoms with Gasteiger partial charge in [0.2, 0.25) is 0 Å². The van der Waals surface area contributed by atoms with Crippen LogP contribution in [0, 0.1) is 13.8 Å². The highest BCUT2D eigenvalue weighted by molar-refractivity contribution is 6.31. The molecule has 0 fully saturated rings. The minimum Gasteiger partial charge on any atom is -0.456 e. The summed E-state index contributed by atoms with van der Waals surface area (Å²) in [5.74, 6) is 0.781. The van der Waals surface area contributed by atoms with E-state index in [2.05, 4.69) is 26.0 Å². The molecule has 0 aliphatic heterocycles. The largest absolute Gasteiger partial charge is 0.456 e. The molecule has 3 heteroatoms. The van der Waals surface area contributed by atoms with E-state index >= 15 is 0 Å². The minimum absolute atomic E-state index is 0.664. The molecule has 0 saturated carbocycles. The van der Waals surface area contributed by atoms with E-state index in [0.29, 0.717) is 5.02 Å². The van der Waals surface area contributed by atoms with Gasteiger partial charge < -0.3 is 4.42 Å². The van der Waals surface area contributed by atoms with Crippen LogP contribution in [0.2, 0.25) is 5.02 Å². The summed E-state index contributed by atoms with van der Waals surface area (Å²) in [5, 5.41) is 2.41. The molecule has 0 aliphatic rings. The summed E-state index contributed by atoms with van der Waals surface area (Å²) in [6.07, 6.45) is 0. The smallest absolute Gasteiger partial charge is 0.136 e. The van der Waals surface area contributed by atoms with Crippen molar-refractivity contribution in [2.75, 3.05) is 0 Å². The monoisotopic (exact) mass is 359 g/mol. The standard InChI is InChI=1S/C23H18ClNO/c1-15-8-10-19(12-16(15)2)25-21-14-23(17-6-4-3-5-7-17)26-22-11-9-18(24)13-20(21)22/h3-14H,1-2H3. The van der Waals surface area contributed by atoms with Gasteiger partial charge in [-0.25, -0.2) is 4.99 Å². The molecule has 3 aromatic carbocycles. The maximum absolute atomic E-state index is 6.21. The zero-order chi connectivity index (χ0) is 18.1. The van der Waals surface area contributed by atoms with Gasteiger partial charge in [0.25, 0.3) is 0 Å². The van der Waals surface area contributed by atoms with E-state index in [4.69, 9.17) is 21.0 Å². The first-order valence-corrected chi connectivity index (χ1v) is 8.89. The molecule has 0 bridgehead atoms. The van der Waals surface area contributed by atoms with E-state index in [0.717, 1.165) is 33.3 Å². The topological polar surface area (TPSA) is 25.5 Å². The number of nitrogens with zero attached hydrogens (tertiary/aromatic N) is 1. The van der Waals surface area contributed by atoms with E-state index in [9.17, 15) is 0 Å². The fraction of sp³-hybridized carbons (Fsp3) is 0.0870. The highest BCUT2D eigenvalue weighted by Gasteiger charge is 2.07. The van der Waals surface area contributed by atoms with Gasteiger partial charge in [-0.15, -0.1) is 0 Å². The SMILES string of the molecule is Cc1ccc(N=c2cc(-c3ccccc3)oc3ccc(Cl)cc23)cc1C. The molecule has 0 spiro atoms. The van der Waals surface area contributed by atoms with Gasteiger partial charge in [0.05, 0.1) is 11.0 Å². The van der Waals surface area contributed by atoms with E-state index in [1.54, 1.807) is 0 Å². The number of hydrogen-bond acceptors (Lipinski definition) is 2. The molecule has 1 aromatic heterocycles. The average Bonchev–Trinajstić information content (AvgIpc) is 2.65. The predicted octanol–water partition coefficient (Wildman–Crippen LogP) is 6.60. The van der Waals surface area contributed by atoms with E-state index in [1.165, 1.54) is 11.1 Å². The molecule has 26 heavy (non-hydrogen) atoms. The fourth-order valence-electron chi connectivity index (χ4n) is 2.91. The number of fused-ring (bicyclic) bond motifs is 1. The van der Waals surface area contributed by atoms with Crippen molar-refractivity contribution < 1.29 is 4.42 Å². The number of halogens is 1. The molecular weight excluding hydrogens is 342 g/mol. The van der Waals surface area contributed by atoms with Crippen molar-refractivity contribution in [2.24, 2.45) is 4.99 Å². The van der Waals surface area contributed by atoms with Gasteiger partial charge in [-0.05, 0) is 55.3 Å².